The average molecular weight is 485 g/mol. The molecule has 1 aromatic heterocycles. The second-order valence-electron chi connectivity index (χ2n) is 11.1. The lowest BCUT2D eigenvalue weighted by Gasteiger charge is -2.36. The fraction of sp³-hybridized carbons (Fsp3) is 0.600. The maximum Gasteiger partial charge on any atom is 0.494 e. The van der Waals surface area contributed by atoms with Gasteiger partial charge in [0.2, 0.25) is 0 Å². The molecule has 2 aliphatic rings. The first-order valence-electron chi connectivity index (χ1n) is 11.9. The Kier molecular flexibility index (Phi) is 6.36. The highest BCUT2D eigenvalue weighted by atomic mass is 32.2. The van der Waals surface area contributed by atoms with E-state index in [4.69, 9.17) is 19.0 Å². The van der Waals surface area contributed by atoms with E-state index in [9.17, 15) is 4.79 Å². The van der Waals surface area contributed by atoms with Crippen LogP contribution in [0.25, 0.3) is 11.3 Å². The van der Waals surface area contributed by atoms with Gasteiger partial charge in [0.1, 0.15) is 16.3 Å². The summed E-state index contributed by atoms with van der Waals surface area (Å²) < 4.78 is 18.0. The topological polar surface area (TPSA) is 76.7 Å². The number of carbonyl (C=O) groups excluding carboxylic acids is 1. The number of benzene rings is 1. The smallest absolute Gasteiger partial charge is 0.444 e. The molecule has 34 heavy (non-hydrogen) atoms. The Morgan fingerprint density at radius 3 is 2.32 bits per heavy atom. The number of carbonyl (C=O) groups is 1. The summed E-state index contributed by atoms with van der Waals surface area (Å²) in [6, 6.07) is 8.16. The van der Waals surface area contributed by atoms with Gasteiger partial charge in [-0.25, -0.2) is 9.78 Å². The van der Waals surface area contributed by atoms with Gasteiger partial charge in [0.05, 0.1) is 23.1 Å². The molecule has 0 spiro atoms. The third-order valence-corrected chi connectivity index (χ3v) is 8.27. The molecule has 1 amide bonds. The van der Waals surface area contributed by atoms with Crippen LogP contribution in [-0.4, -0.2) is 57.7 Å². The molecule has 1 aromatic carbocycles. The molecule has 2 aromatic rings. The number of ether oxygens (including phenoxy) is 1. The van der Waals surface area contributed by atoms with Crippen LogP contribution >= 0.6 is 11.8 Å². The van der Waals surface area contributed by atoms with Crippen molar-refractivity contribution in [3.8, 4) is 11.3 Å². The standard InChI is InChI=1S/C25H36BN3O4S/c1-22(2,3)31-21(30)29-15-9-14-25(29,34-8)20-27-16-19(28-20)17-10-12-18(13-11-17)26-32-23(4,5)24(6,7)33-26/h10-13,16H,9,14-15H2,1-8H3,(H,27,28). The number of imidazole rings is 1. The quantitative estimate of drug-likeness (QED) is 0.620. The van der Waals surface area contributed by atoms with E-state index in [0.29, 0.717) is 6.54 Å². The van der Waals surface area contributed by atoms with Gasteiger partial charge in [-0.3, -0.25) is 4.90 Å². The molecule has 0 bridgehead atoms. The molecule has 1 N–H and O–H groups in total. The van der Waals surface area contributed by atoms with Crippen LogP contribution in [0.5, 0.6) is 0 Å². The number of amides is 1. The lowest BCUT2D eigenvalue weighted by atomic mass is 9.79. The van der Waals surface area contributed by atoms with E-state index in [-0.39, 0.29) is 17.3 Å². The molecule has 2 fully saturated rings. The predicted octanol–water partition coefficient (Wildman–Crippen LogP) is 4.92. The Morgan fingerprint density at radius 1 is 1.15 bits per heavy atom. The van der Waals surface area contributed by atoms with Crippen molar-refractivity contribution in [1.29, 1.82) is 0 Å². The molecule has 9 heteroatoms. The molecule has 1 unspecified atom stereocenters. The first-order valence-corrected chi connectivity index (χ1v) is 13.1. The van der Waals surface area contributed by atoms with Crippen molar-refractivity contribution in [2.45, 2.75) is 83.0 Å². The molecular weight excluding hydrogens is 449 g/mol. The molecule has 4 rings (SSSR count). The lowest BCUT2D eigenvalue weighted by Crippen LogP contribution is -2.45. The number of hydrogen-bond acceptors (Lipinski definition) is 6. The fourth-order valence-corrected chi connectivity index (χ4v) is 5.40. The van der Waals surface area contributed by atoms with Crippen molar-refractivity contribution >= 4 is 30.4 Å². The normalized spacial score (nSPS) is 24.0. The zero-order valence-electron chi connectivity index (χ0n) is 21.5. The van der Waals surface area contributed by atoms with Crippen LogP contribution in [0.4, 0.5) is 4.79 Å². The second-order valence-corrected chi connectivity index (χ2v) is 12.2. The van der Waals surface area contributed by atoms with Crippen LogP contribution in [0.15, 0.2) is 30.5 Å². The van der Waals surface area contributed by atoms with Crippen LogP contribution in [0.1, 0.15) is 67.1 Å². The van der Waals surface area contributed by atoms with E-state index in [1.807, 2.05) is 62.4 Å². The molecule has 3 heterocycles. The summed E-state index contributed by atoms with van der Waals surface area (Å²) in [6.07, 6.45) is 5.27. The van der Waals surface area contributed by atoms with Gasteiger partial charge in [0.15, 0.2) is 0 Å². The SMILES string of the molecule is CSC1(c2ncc(-c3ccc(B4OC(C)(C)C(C)(C)O4)cc3)[nH]2)CCCN1C(=O)OC(C)(C)C. The van der Waals surface area contributed by atoms with Crippen LogP contribution in [0, 0.1) is 0 Å². The summed E-state index contributed by atoms with van der Waals surface area (Å²) >= 11 is 1.62. The minimum atomic E-state index is -0.566. The van der Waals surface area contributed by atoms with Gasteiger partial charge in [0.25, 0.3) is 0 Å². The van der Waals surface area contributed by atoms with Crippen LogP contribution in [0.2, 0.25) is 0 Å². The number of rotatable bonds is 4. The molecule has 0 aliphatic carbocycles. The maximum absolute atomic E-state index is 13.0. The highest BCUT2D eigenvalue weighted by Crippen LogP contribution is 2.46. The molecule has 0 radical (unpaired) electrons. The molecule has 0 saturated carbocycles. The summed E-state index contributed by atoms with van der Waals surface area (Å²) in [7, 11) is -0.392. The Hall–Kier alpha value is -1.97. The van der Waals surface area contributed by atoms with Gasteiger partial charge < -0.3 is 19.0 Å². The number of hydrogen-bond donors (Lipinski definition) is 1. The van der Waals surface area contributed by atoms with Gasteiger partial charge >= 0.3 is 13.2 Å². The zero-order chi connectivity index (χ0) is 24.9. The van der Waals surface area contributed by atoms with Gasteiger partial charge in [0, 0.05) is 6.54 Å². The number of H-pyrrole nitrogens is 1. The Balaban J connectivity index is 1.55. The van der Waals surface area contributed by atoms with E-state index in [1.54, 1.807) is 11.8 Å². The van der Waals surface area contributed by atoms with Gasteiger partial charge in [-0.1, -0.05) is 24.3 Å². The largest absolute Gasteiger partial charge is 0.494 e. The monoisotopic (exact) mass is 485 g/mol. The number of nitrogens with zero attached hydrogens (tertiary/aromatic N) is 2. The van der Waals surface area contributed by atoms with E-state index in [0.717, 1.165) is 35.4 Å². The van der Waals surface area contributed by atoms with Crippen molar-refractivity contribution in [1.82, 2.24) is 14.9 Å². The van der Waals surface area contributed by atoms with Gasteiger partial charge in [-0.05, 0) is 78.6 Å². The highest BCUT2D eigenvalue weighted by molar-refractivity contribution is 7.99. The van der Waals surface area contributed by atoms with E-state index in [2.05, 4.69) is 32.7 Å². The predicted molar refractivity (Wildman–Crippen MR) is 137 cm³/mol. The van der Waals surface area contributed by atoms with Gasteiger partial charge in [-0.2, -0.15) is 0 Å². The van der Waals surface area contributed by atoms with E-state index in [1.165, 1.54) is 0 Å². The lowest BCUT2D eigenvalue weighted by molar-refractivity contribution is 0.00578. The second kappa shape index (κ2) is 8.61. The number of aromatic amines is 1. The van der Waals surface area contributed by atoms with Crippen molar-refractivity contribution in [2.24, 2.45) is 0 Å². The summed E-state index contributed by atoms with van der Waals surface area (Å²) in [5, 5.41) is 0. The Labute approximate surface area is 207 Å². The Morgan fingerprint density at radius 2 is 1.76 bits per heavy atom. The summed E-state index contributed by atoms with van der Waals surface area (Å²) in [4.78, 5) is 22.4. The van der Waals surface area contributed by atoms with Crippen molar-refractivity contribution in [2.75, 3.05) is 12.8 Å². The number of thioether (sulfide) groups is 1. The first-order chi connectivity index (χ1) is 15.8. The first kappa shape index (κ1) is 25.1. The Bertz CT molecular complexity index is 1030. The molecule has 184 valence electrons. The van der Waals surface area contributed by atoms with E-state index >= 15 is 0 Å². The summed E-state index contributed by atoms with van der Waals surface area (Å²) in [5.41, 5.74) is 1.60. The summed E-state index contributed by atoms with van der Waals surface area (Å²) in [6.45, 7) is 14.5. The summed E-state index contributed by atoms with van der Waals surface area (Å²) in [5.74, 6) is 0.772. The molecule has 7 nitrogen and oxygen atoms in total. The van der Waals surface area contributed by atoms with Crippen molar-refractivity contribution < 1.29 is 18.8 Å². The third kappa shape index (κ3) is 4.50. The number of likely N-dealkylation sites (tertiary alicyclic amines) is 1. The van der Waals surface area contributed by atoms with Crippen LogP contribution in [0.3, 0.4) is 0 Å². The minimum Gasteiger partial charge on any atom is -0.444 e. The maximum atomic E-state index is 13.0. The fourth-order valence-electron chi connectivity index (χ4n) is 4.37. The molecule has 1 atom stereocenters. The molecule has 2 aliphatic heterocycles. The third-order valence-electron chi connectivity index (χ3n) is 6.98. The molecular formula is C25H36BN3O4S. The number of aromatic nitrogens is 2. The average Bonchev–Trinajstić information content (AvgIpc) is 3.44. The number of nitrogens with one attached hydrogen (secondary N) is 1. The van der Waals surface area contributed by atoms with Crippen LogP contribution in [-0.2, 0) is 18.9 Å². The van der Waals surface area contributed by atoms with Gasteiger partial charge in [-0.15, -0.1) is 11.8 Å². The van der Waals surface area contributed by atoms with E-state index < -0.39 is 17.6 Å². The highest BCUT2D eigenvalue weighted by Gasteiger charge is 2.52. The van der Waals surface area contributed by atoms with Crippen molar-refractivity contribution in [3.05, 3.63) is 36.3 Å². The van der Waals surface area contributed by atoms with Crippen LogP contribution < -0.4 is 5.46 Å². The molecule has 2 saturated heterocycles. The minimum absolute atomic E-state index is 0.302. The zero-order valence-corrected chi connectivity index (χ0v) is 22.3. The van der Waals surface area contributed by atoms with Crippen molar-refractivity contribution in [3.63, 3.8) is 0 Å².